The van der Waals surface area contributed by atoms with Crippen LogP contribution in [0.3, 0.4) is 0 Å². The molecule has 0 bridgehead atoms. The Bertz CT molecular complexity index is 643. The molecule has 0 atom stereocenters. The molecule has 104 valence electrons. The molecule has 8 heteroatoms. The Morgan fingerprint density at radius 1 is 1.25 bits per heavy atom. The number of hydrazine groups is 1. The fourth-order valence-electron chi connectivity index (χ4n) is 1.46. The Kier molecular flexibility index (Phi) is 4.39. The molecule has 4 N–H and O–H groups in total. The summed E-state index contributed by atoms with van der Waals surface area (Å²) in [5.41, 5.74) is 2.73. The number of nitrogen functional groups attached to an aromatic ring is 1. The maximum atomic E-state index is 13.3. The van der Waals surface area contributed by atoms with Crippen molar-refractivity contribution in [2.24, 2.45) is 5.84 Å². The molecule has 0 unspecified atom stereocenters. The van der Waals surface area contributed by atoms with Crippen molar-refractivity contribution in [3.8, 4) is 0 Å². The van der Waals surface area contributed by atoms with Crippen LogP contribution in [0.4, 0.5) is 15.9 Å². The molecular formula is C12H9Cl2FN4O. The average molecular weight is 315 g/mol. The number of aromatic nitrogens is 1. The third-order valence-corrected chi connectivity index (χ3v) is 2.92. The first-order valence-electron chi connectivity index (χ1n) is 5.41. The molecule has 1 amide bonds. The highest BCUT2D eigenvalue weighted by atomic mass is 35.5. The summed E-state index contributed by atoms with van der Waals surface area (Å²) in [4.78, 5) is 15.9. The molecule has 0 saturated carbocycles. The molecule has 2 rings (SSSR count). The quantitative estimate of drug-likeness (QED) is 0.462. The van der Waals surface area contributed by atoms with E-state index in [1.54, 1.807) is 12.1 Å². The van der Waals surface area contributed by atoms with Crippen molar-refractivity contribution in [3.63, 3.8) is 0 Å². The molecule has 5 nitrogen and oxygen atoms in total. The van der Waals surface area contributed by atoms with E-state index in [1.807, 2.05) is 0 Å². The van der Waals surface area contributed by atoms with Gasteiger partial charge in [-0.05, 0) is 24.3 Å². The number of hydrogen-bond donors (Lipinski definition) is 3. The topological polar surface area (TPSA) is 80.0 Å². The molecule has 0 fully saturated rings. The van der Waals surface area contributed by atoms with Crippen LogP contribution >= 0.6 is 23.2 Å². The number of halogens is 3. The lowest BCUT2D eigenvalue weighted by Gasteiger charge is -2.07. The van der Waals surface area contributed by atoms with Gasteiger partial charge in [0, 0.05) is 5.69 Å². The van der Waals surface area contributed by atoms with Gasteiger partial charge < -0.3 is 10.7 Å². The van der Waals surface area contributed by atoms with E-state index in [4.69, 9.17) is 29.0 Å². The lowest BCUT2D eigenvalue weighted by atomic mass is 10.2. The van der Waals surface area contributed by atoms with Gasteiger partial charge in [0.2, 0.25) is 0 Å². The Morgan fingerprint density at radius 2 is 1.90 bits per heavy atom. The highest BCUT2D eigenvalue weighted by molar-refractivity contribution is 6.35. The van der Waals surface area contributed by atoms with Crippen LogP contribution in [0.15, 0.2) is 30.3 Å². The molecule has 2 aromatic rings. The van der Waals surface area contributed by atoms with E-state index in [0.717, 1.165) is 0 Å². The average Bonchev–Trinajstić information content (AvgIpc) is 2.44. The van der Waals surface area contributed by atoms with Crippen molar-refractivity contribution in [1.29, 1.82) is 0 Å². The number of nitrogens with zero attached hydrogens (tertiary/aromatic N) is 1. The number of carbonyl (C=O) groups is 1. The van der Waals surface area contributed by atoms with Gasteiger partial charge in [-0.3, -0.25) is 4.79 Å². The summed E-state index contributed by atoms with van der Waals surface area (Å²) in [6.07, 6.45) is 0. The highest BCUT2D eigenvalue weighted by Gasteiger charge is 2.12. The lowest BCUT2D eigenvalue weighted by molar-refractivity contribution is 0.102. The molecule has 0 spiro atoms. The van der Waals surface area contributed by atoms with Crippen molar-refractivity contribution in [1.82, 2.24) is 4.98 Å². The maximum absolute atomic E-state index is 13.3. The molecule has 20 heavy (non-hydrogen) atoms. The summed E-state index contributed by atoms with van der Waals surface area (Å²) in [7, 11) is 0. The van der Waals surface area contributed by atoms with E-state index in [0.29, 0.717) is 5.82 Å². The Hall–Kier alpha value is -1.89. The second-order valence-electron chi connectivity index (χ2n) is 3.76. The minimum absolute atomic E-state index is 0.136. The predicted octanol–water partition coefficient (Wildman–Crippen LogP) is 3.07. The van der Waals surface area contributed by atoms with Crippen LogP contribution < -0.4 is 16.6 Å². The number of hydrogen-bond acceptors (Lipinski definition) is 4. The van der Waals surface area contributed by atoms with E-state index in [-0.39, 0.29) is 21.4 Å². The van der Waals surface area contributed by atoms with E-state index in [2.05, 4.69) is 15.7 Å². The van der Waals surface area contributed by atoms with E-state index < -0.39 is 11.7 Å². The van der Waals surface area contributed by atoms with Gasteiger partial charge in [0.1, 0.15) is 11.5 Å². The number of anilines is 2. The number of benzene rings is 1. The zero-order chi connectivity index (χ0) is 14.7. The highest BCUT2D eigenvalue weighted by Crippen LogP contribution is 2.27. The first-order valence-corrected chi connectivity index (χ1v) is 6.16. The first-order chi connectivity index (χ1) is 9.51. The summed E-state index contributed by atoms with van der Waals surface area (Å²) in [5, 5.41) is 2.15. The SMILES string of the molecule is NNc1cccc(C(=O)Nc2cc(Cl)c(F)c(Cl)c2)n1. The third kappa shape index (κ3) is 3.16. The maximum Gasteiger partial charge on any atom is 0.274 e. The van der Waals surface area contributed by atoms with Crippen molar-refractivity contribution in [2.45, 2.75) is 0 Å². The molecule has 1 heterocycles. The summed E-state index contributed by atoms with van der Waals surface area (Å²) < 4.78 is 13.3. The summed E-state index contributed by atoms with van der Waals surface area (Å²) in [5.74, 6) is 4.31. The number of rotatable bonds is 3. The molecule has 0 aliphatic heterocycles. The normalized spacial score (nSPS) is 10.2. The van der Waals surface area contributed by atoms with Gasteiger partial charge >= 0.3 is 0 Å². The van der Waals surface area contributed by atoms with Crippen LogP contribution in [0, 0.1) is 5.82 Å². The van der Waals surface area contributed by atoms with Crippen LogP contribution in [0.5, 0.6) is 0 Å². The second-order valence-corrected chi connectivity index (χ2v) is 4.57. The van der Waals surface area contributed by atoms with Crippen molar-refractivity contribution in [2.75, 3.05) is 10.7 Å². The Balaban J connectivity index is 2.23. The molecular weight excluding hydrogens is 306 g/mol. The molecule has 0 aliphatic rings. The zero-order valence-corrected chi connectivity index (χ0v) is 11.5. The van der Waals surface area contributed by atoms with Crippen molar-refractivity contribution in [3.05, 3.63) is 51.9 Å². The number of nitrogens with two attached hydrogens (primary N) is 1. The molecule has 0 saturated heterocycles. The number of carbonyl (C=O) groups excluding carboxylic acids is 1. The van der Waals surface area contributed by atoms with Crippen molar-refractivity contribution >= 4 is 40.6 Å². The lowest BCUT2D eigenvalue weighted by Crippen LogP contribution is -2.16. The van der Waals surface area contributed by atoms with Gasteiger partial charge in [-0.15, -0.1) is 0 Å². The largest absolute Gasteiger partial charge is 0.321 e. The summed E-state index contributed by atoms with van der Waals surface area (Å²) in [6.45, 7) is 0. The number of nitrogens with one attached hydrogen (secondary N) is 2. The van der Waals surface area contributed by atoms with Gasteiger partial charge in [0.05, 0.1) is 10.0 Å². The minimum Gasteiger partial charge on any atom is -0.321 e. The van der Waals surface area contributed by atoms with Gasteiger partial charge in [0.25, 0.3) is 5.91 Å². The fraction of sp³-hybridized carbons (Fsp3) is 0. The van der Waals surface area contributed by atoms with E-state index >= 15 is 0 Å². The van der Waals surface area contributed by atoms with Crippen LogP contribution in [-0.2, 0) is 0 Å². The number of pyridine rings is 1. The van der Waals surface area contributed by atoms with Crippen LogP contribution in [0.25, 0.3) is 0 Å². The summed E-state index contributed by atoms with van der Waals surface area (Å²) >= 11 is 11.3. The van der Waals surface area contributed by atoms with Gasteiger partial charge in [-0.1, -0.05) is 29.3 Å². The first kappa shape index (κ1) is 14.5. The van der Waals surface area contributed by atoms with Crippen LogP contribution in [0.2, 0.25) is 10.0 Å². The Morgan fingerprint density at radius 3 is 2.50 bits per heavy atom. The van der Waals surface area contributed by atoms with Gasteiger partial charge in [-0.2, -0.15) is 0 Å². The smallest absolute Gasteiger partial charge is 0.274 e. The molecule has 1 aromatic carbocycles. The minimum atomic E-state index is -0.737. The van der Waals surface area contributed by atoms with Gasteiger partial charge in [-0.25, -0.2) is 15.2 Å². The van der Waals surface area contributed by atoms with Gasteiger partial charge in [0.15, 0.2) is 5.82 Å². The number of amides is 1. The summed E-state index contributed by atoms with van der Waals surface area (Å²) in [6, 6.07) is 7.23. The van der Waals surface area contributed by atoms with E-state index in [9.17, 15) is 9.18 Å². The van der Waals surface area contributed by atoms with E-state index in [1.165, 1.54) is 18.2 Å². The second kappa shape index (κ2) is 6.04. The predicted molar refractivity (Wildman–Crippen MR) is 76.4 cm³/mol. The molecule has 1 aromatic heterocycles. The standard InChI is InChI=1S/C12H9Cl2FN4O/c13-7-4-6(5-8(14)11(7)15)17-12(20)9-2-1-3-10(18-9)19-16/h1-5H,16H2,(H,17,20)(H,18,19). The van der Waals surface area contributed by atoms with Crippen LogP contribution in [0.1, 0.15) is 10.5 Å². The third-order valence-electron chi connectivity index (χ3n) is 2.37. The Labute approximate surface area is 123 Å². The zero-order valence-electron chi connectivity index (χ0n) is 9.95. The van der Waals surface area contributed by atoms with Crippen LogP contribution in [-0.4, -0.2) is 10.9 Å². The van der Waals surface area contributed by atoms with Crippen molar-refractivity contribution < 1.29 is 9.18 Å². The molecule has 0 radical (unpaired) electrons. The molecule has 0 aliphatic carbocycles. The monoisotopic (exact) mass is 314 g/mol. The fourth-order valence-corrected chi connectivity index (χ4v) is 1.95.